The van der Waals surface area contributed by atoms with Crippen molar-refractivity contribution < 1.29 is 19.0 Å². The number of rotatable bonds is 7. The minimum Gasteiger partial charge on any atom is -0.454 e. The van der Waals surface area contributed by atoms with Crippen molar-refractivity contribution in [1.29, 1.82) is 0 Å². The number of hydrogen-bond acceptors (Lipinski definition) is 5. The van der Waals surface area contributed by atoms with Crippen LogP contribution in [0.1, 0.15) is 18.4 Å². The van der Waals surface area contributed by atoms with Crippen LogP contribution in [0, 0.1) is 0 Å². The monoisotopic (exact) mass is 320 g/mol. The van der Waals surface area contributed by atoms with Gasteiger partial charge in [-0.3, -0.25) is 9.69 Å². The Balaban J connectivity index is 1.64. The molecule has 126 valence electrons. The molecular formula is C17H24N2O4. The van der Waals surface area contributed by atoms with Gasteiger partial charge in [0.15, 0.2) is 11.5 Å². The molecule has 0 saturated carbocycles. The predicted octanol–water partition coefficient (Wildman–Crippen LogP) is 1.49. The van der Waals surface area contributed by atoms with Gasteiger partial charge < -0.3 is 19.1 Å². The quantitative estimate of drug-likeness (QED) is 0.762. The summed E-state index contributed by atoms with van der Waals surface area (Å²) in [5.74, 6) is 1.67. The van der Waals surface area contributed by atoms with Crippen LogP contribution in [0.2, 0.25) is 0 Å². The number of nitrogens with zero attached hydrogens (tertiary/aromatic N) is 2. The molecule has 1 amide bonds. The molecule has 2 aliphatic rings. The van der Waals surface area contributed by atoms with Crippen molar-refractivity contribution >= 4 is 5.91 Å². The Morgan fingerprint density at radius 3 is 2.83 bits per heavy atom. The Kier molecular flexibility index (Phi) is 5.35. The van der Waals surface area contributed by atoms with Gasteiger partial charge in [-0.1, -0.05) is 6.07 Å². The zero-order valence-corrected chi connectivity index (χ0v) is 13.6. The minimum absolute atomic E-state index is 0.154. The third-order valence-electron chi connectivity index (χ3n) is 4.29. The lowest BCUT2D eigenvalue weighted by molar-refractivity contribution is -0.133. The first-order chi connectivity index (χ1) is 11.3. The van der Waals surface area contributed by atoms with Crippen LogP contribution in [0.15, 0.2) is 18.2 Å². The fourth-order valence-corrected chi connectivity index (χ4v) is 2.99. The number of benzene rings is 1. The van der Waals surface area contributed by atoms with Gasteiger partial charge in [-0.2, -0.15) is 0 Å². The Bertz CT molecular complexity index is 543. The van der Waals surface area contributed by atoms with Crippen LogP contribution in [-0.2, 0) is 16.1 Å². The van der Waals surface area contributed by atoms with Crippen LogP contribution < -0.4 is 9.47 Å². The highest BCUT2D eigenvalue weighted by atomic mass is 16.7. The van der Waals surface area contributed by atoms with E-state index in [0.717, 1.165) is 30.2 Å². The lowest BCUT2D eigenvalue weighted by Crippen LogP contribution is -2.40. The Morgan fingerprint density at radius 1 is 1.26 bits per heavy atom. The van der Waals surface area contributed by atoms with Gasteiger partial charge in [-0.05, 0) is 43.6 Å². The molecular weight excluding hydrogens is 296 g/mol. The largest absolute Gasteiger partial charge is 0.454 e. The van der Waals surface area contributed by atoms with E-state index in [-0.39, 0.29) is 12.7 Å². The van der Waals surface area contributed by atoms with Gasteiger partial charge in [-0.15, -0.1) is 0 Å². The smallest absolute Gasteiger partial charge is 0.237 e. The first-order valence-electron chi connectivity index (χ1n) is 8.14. The number of hydrogen-bond donors (Lipinski definition) is 0. The van der Waals surface area contributed by atoms with Gasteiger partial charge in [0.05, 0.1) is 13.2 Å². The highest BCUT2D eigenvalue weighted by Crippen LogP contribution is 2.32. The Hall–Kier alpha value is -1.79. The van der Waals surface area contributed by atoms with Crippen molar-refractivity contribution in [3.63, 3.8) is 0 Å². The van der Waals surface area contributed by atoms with E-state index in [9.17, 15) is 4.79 Å². The summed E-state index contributed by atoms with van der Waals surface area (Å²) in [5.41, 5.74) is 1.04. The number of fused-ring (bicyclic) bond motifs is 1. The lowest BCUT2D eigenvalue weighted by Gasteiger charge is -2.25. The van der Waals surface area contributed by atoms with Crippen molar-refractivity contribution in [1.82, 2.24) is 9.80 Å². The second-order valence-electron chi connectivity index (χ2n) is 5.98. The summed E-state index contributed by atoms with van der Waals surface area (Å²) in [5, 5.41) is 0. The molecule has 0 aromatic heterocycles. The number of carbonyl (C=O) groups excluding carboxylic acids is 1. The zero-order chi connectivity index (χ0) is 16.1. The summed E-state index contributed by atoms with van der Waals surface area (Å²) in [6.45, 7) is 4.50. The van der Waals surface area contributed by atoms with Gasteiger partial charge in [0, 0.05) is 20.2 Å². The summed E-state index contributed by atoms with van der Waals surface area (Å²) in [6.07, 6.45) is 2.38. The van der Waals surface area contributed by atoms with Gasteiger partial charge in [0.2, 0.25) is 12.7 Å². The molecule has 0 bridgehead atoms. The molecule has 1 aromatic rings. The molecule has 23 heavy (non-hydrogen) atoms. The van der Waals surface area contributed by atoms with Crippen molar-refractivity contribution in [2.75, 3.05) is 46.7 Å². The van der Waals surface area contributed by atoms with Crippen molar-refractivity contribution in [3.8, 4) is 11.5 Å². The van der Waals surface area contributed by atoms with E-state index in [1.165, 1.54) is 12.8 Å². The average Bonchev–Trinajstić information content (AvgIpc) is 3.22. The first kappa shape index (κ1) is 16.1. The van der Waals surface area contributed by atoms with E-state index >= 15 is 0 Å². The van der Waals surface area contributed by atoms with E-state index in [4.69, 9.17) is 14.2 Å². The topological polar surface area (TPSA) is 51.2 Å². The number of likely N-dealkylation sites (tertiary alicyclic amines) is 1. The summed E-state index contributed by atoms with van der Waals surface area (Å²) < 4.78 is 15.9. The maximum atomic E-state index is 12.6. The highest BCUT2D eigenvalue weighted by molar-refractivity contribution is 5.78. The molecule has 1 fully saturated rings. The third-order valence-corrected chi connectivity index (χ3v) is 4.29. The molecule has 3 rings (SSSR count). The second kappa shape index (κ2) is 7.66. The van der Waals surface area contributed by atoms with Crippen molar-refractivity contribution in [2.45, 2.75) is 19.4 Å². The molecule has 0 radical (unpaired) electrons. The number of amides is 1. The van der Waals surface area contributed by atoms with E-state index in [0.29, 0.717) is 26.2 Å². The second-order valence-corrected chi connectivity index (χ2v) is 5.98. The van der Waals surface area contributed by atoms with Gasteiger partial charge in [0.25, 0.3) is 0 Å². The average molecular weight is 320 g/mol. The summed E-state index contributed by atoms with van der Waals surface area (Å²) in [6, 6.07) is 5.83. The minimum atomic E-state index is 0.154. The summed E-state index contributed by atoms with van der Waals surface area (Å²) in [7, 11) is 1.66. The Labute approximate surface area is 136 Å². The molecule has 1 saturated heterocycles. The normalized spacial score (nSPS) is 16.7. The third kappa shape index (κ3) is 4.14. The molecule has 6 nitrogen and oxygen atoms in total. The van der Waals surface area contributed by atoms with Gasteiger partial charge in [-0.25, -0.2) is 0 Å². The molecule has 1 aromatic carbocycles. The SMILES string of the molecule is COCCN(Cc1ccc2c(c1)OCO2)C(=O)CN1CCCC1. The Morgan fingerprint density at radius 2 is 2.04 bits per heavy atom. The standard InChI is InChI=1S/C17H24N2O4/c1-21-9-8-19(17(20)12-18-6-2-3-7-18)11-14-4-5-15-16(10-14)23-13-22-15/h4-5,10H,2-3,6-9,11-13H2,1H3. The van der Waals surface area contributed by atoms with Crippen molar-refractivity contribution in [3.05, 3.63) is 23.8 Å². The van der Waals surface area contributed by atoms with Gasteiger partial charge in [0.1, 0.15) is 0 Å². The van der Waals surface area contributed by atoms with Crippen LogP contribution in [0.4, 0.5) is 0 Å². The van der Waals surface area contributed by atoms with Crippen LogP contribution in [0.5, 0.6) is 11.5 Å². The summed E-state index contributed by atoms with van der Waals surface area (Å²) in [4.78, 5) is 16.7. The van der Waals surface area contributed by atoms with Crippen molar-refractivity contribution in [2.24, 2.45) is 0 Å². The number of carbonyl (C=O) groups is 1. The zero-order valence-electron chi connectivity index (χ0n) is 13.6. The molecule has 0 spiro atoms. The fraction of sp³-hybridized carbons (Fsp3) is 0.588. The number of ether oxygens (including phenoxy) is 3. The van der Waals surface area contributed by atoms with Gasteiger partial charge >= 0.3 is 0 Å². The number of methoxy groups -OCH3 is 1. The van der Waals surface area contributed by atoms with Crippen LogP contribution in [0.25, 0.3) is 0 Å². The predicted molar refractivity (Wildman–Crippen MR) is 85.5 cm³/mol. The van der Waals surface area contributed by atoms with Crippen LogP contribution >= 0.6 is 0 Å². The molecule has 0 N–H and O–H groups in total. The highest BCUT2D eigenvalue weighted by Gasteiger charge is 2.21. The molecule has 6 heteroatoms. The summed E-state index contributed by atoms with van der Waals surface area (Å²) >= 11 is 0. The van der Waals surface area contributed by atoms with E-state index in [1.54, 1.807) is 7.11 Å². The molecule has 2 heterocycles. The molecule has 0 aliphatic carbocycles. The van der Waals surface area contributed by atoms with E-state index < -0.39 is 0 Å². The first-order valence-corrected chi connectivity index (χ1v) is 8.14. The van der Waals surface area contributed by atoms with Crippen LogP contribution in [0.3, 0.4) is 0 Å². The van der Waals surface area contributed by atoms with E-state index in [1.807, 2.05) is 23.1 Å². The molecule has 2 aliphatic heterocycles. The lowest BCUT2D eigenvalue weighted by atomic mass is 10.2. The molecule has 0 atom stereocenters. The van der Waals surface area contributed by atoms with Crippen LogP contribution in [-0.4, -0.2) is 62.4 Å². The fourth-order valence-electron chi connectivity index (χ4n) is 2.99. The maximum absolute atomic E-state index is 12.6. The van der Waals surface area contributed by atoms with E-state index in [2.05, 4.69) is 4.90 Å². The maximum Gasteiger partial charge on any atom is 0.237 e. The molecule has 0 unspecified atom stereocenters.